The molecule has 3 rings (SSSR count). The Morgan fingerprint density at radius 3 is 2.90 bits per heavy atom. The number of nitro benzene ring substituents is 1. The van der Waals surface area contributed by atoms with Gasteiger partial charge < -0.3 is 9.47 Å². The van der Waals surface area contributed by atoms with E-state index in [0.29, 0.717) is 11.4 Å². The second-order valence-corrected chi connectivity index (χ2v) is 3.89. The third kappa shape index (κ3) is 2.41. The van der Waals surface area contributed by atoms with Crippen LogP contribution in [0, 0.1) is 10.1 Å². The molecule has 1 aromatic carbocycles. The molecule has 0 aliphatic rings. The summed E-state index contributed by atoms with van der Waals surface area (Å²) in [5.74, 6) is 0.529. The van der Waals surface area contributed by atoms with Crippen molar-refractivity contribution in [3.8, 4) is 17.4 Å². The Bertz CT molecular complexity index is 817. The molecule has 2 aromatic heterocycles. The molecule has 10 heteroatoms. The van der Waals surface area contributed by atoms with Crippen LogP contribution in [0.3, 0.4) is 0 Å². The van der Waals surface area contributed by atoms with Crippen LogP contribution in [0.2, 0.25) is 0 Å². The van der Waals surface area contributed by atoms with Crippen LogP contribution in [0.15, 0.2) is 30.3 Å². The van der Waals surface area contributed by atoms with Gasteiger partial charge in [0.2, 0.25) is 11.6 Å². The maximum Gasteiger partial charge on any atom is 0.315 e. The number of tetrazole rings is 1. The van der Waals surface area contributed by atoms with E-state index in [9.17, 15) is 10.1 Å². The first kappa shape index (κ1) is 12.7. The summed E-state index contributed by atoms with van der Waals surface area (Å²) in [4.78, 5) is 10.5. The highest BCUT2D eigenvalue weighted by molar-refractivity contribution is 5.52. The second kappa shape index (κ2) is 5.00. The Labute approximate surface area is 117 Å². The lowest BCUT2D eigenvalue weighted by Crippen LogP contribution is -1.99. The minimum atomic E-state index is -0.562. The molecule has 106 valence electrons. The monoisotopic (exact) mass is 288 g/mol. The average molecular weight is 288 g/mol. The summed E-state index contributed by atoms with van der Waals surface area (Å²) >= 11 is 0. The summed E-state index contributed by atoms with van der Waals surface area (Å²) in [6.07, 6.45) is 0. The predicted octanol–water partition coefficient (Wildman–Crippen LogP) is 1.23. The van der Waals surface area contributed by atoms with Gasteiger partial charge in [0, 0.05) is 6.07 Å². The predicted molar refractivity (Wildman–Crippen MR) is 68.3 cm³/mol. The molecule has 0 bridgehead atoms. The van der Waals surface area contributed by atoms with Gasteiger partial charge in [-0.05, 0) is 28.6 Å². The van der Waals surface area contributed by atoms with Gasteiger partial charge in [-0.15, -0.1) is 14.8 Å². The fourth-order valence-corrected chi connectivity index (χ4v) is 1.65. The molecule has 0 aliphatic heterocycles. The number of nitrogens with zero attached hydrogens (tertiary/aromatic N) is 6. The van der Waals surface area contributed by atoms with Crippen molar-refractivity contribution in [2.24, 2.45) is 0 Å². The molecule has 0 unspecified atom stereocenters. The number of hydrogen-bond acceptors (Lipinski definition) is 8. The minimum Gasteiger partial charge on any atom is -0.496 e. The molecule has 0 N–H and O–H groups in total. The van der Waals surface area contributed by atoms with E-state index < -0.39 is 4.92 Å². The lowest BCUT2D eigenvalue weighted by molar-refractivity contribution is -0.385. The normalized spacial score (nSPS) is 10.5. The van der Waals surface area contributed by atoms with E-state index in [2.05, 4.69) is 20.6 Å². The zero-order valence-corrected chi connectivity index (χ0v) is 10.7. The van der Waals surface area contributed by atoms with Gasteiger partial charge in [0.25, 0.3) is 0 Å². The molecule has 2 heterocycles. The van der Waals surface area contributed by atoms with Crippen LogP contribution in [0.25, 0.3) is 5.65 Å². The average Bonchev–Trinajstić information content (AvgIpc) is 2.95. The van der Waals surface area contributed by atoms with Crippen molar-refractivity contribution in [2.45, 2.75) is 0 Å². The lowest BCUT2D eigenvalue weighted by Gasteiger charge is -2.06. The van der Waals surface area contributed by atoms with Crippen LogP contribution in [-0.2, 0) is 0 Å². The fraction of sp³-hybridized carbons (Fsp3) is 0.0909. The molecule has 21 heavy (non-hydrogen) atoms. The highest BCUT2D eigenvalue weighted by Crippen LogP contribution is 2.33. The fourth-order valence-electron chi connectivity index (χ4n) is 1.65. The van der Waals surface area contributed by atoms with E-state index in [1.807, 2.05) is 0 Å². The van der Waals surface area contributed by atoms with Gasteiger partial charge in [0.15, 0.2) is 5.65 Å². The van der Waals surface area contributed by atoms with Crippen LogP contribution >= 0.6 is 0 Å². The summed E-state index contributed by atoms with van der Waals surface area (Å²) in [6, 6.07) is 7.35. The number of nitro groups is 1. The van der Waals surface area contributed by atoms with E-state index in [-0.39, 0.29) is 17.3 Å². The Morgan fingerprint density at radius 1 is 1.29 bits per heavy atom. The smallest absolute Gasteiger partial charge is 0.315 e. The highest BCUT2D eigenvalue weighted by Gasteiger charge is 2.18. The third-order valence-corrected chi connectivity index (χ3v) is 2.62. The summed E-state index contributed by atoms with van der Waals surface area (Å²) in [6.45, 7) is 0. The quantitative estimate of drug-likeness (QED) is 0.519. The van der Waals surface area contributed by atoms with Gasteiger partial charge in [-0.2, -0.15) is 0 Å². The minimum absolute atomic E-state index is 0.0423. The first-order chi connectivity index (χ1) is 10.2. The molecule has 0 spiro atoms. The number of benzene rings is 1. The molecular weight excluding hydrogens is 280 g/mol. The zero-order valence-electron chi connectivity index (χ0n) is 10.7. The van der Waals surface area contributed by atoms with Crippen molar-refractivity contribution in [2.75, 3.05) is 7.11 Å². The summed E-state index contributed by atoms with van der Waals surface area (Å²) < 4.78 is 11.5. The topological polar surface area (TPSA) is 118 Å². The largest absolute Gasteiger partial charge is 0.496 e. The number of methoxy groups -OCH3 is 1. The number of fused-ring (bicyclic) bond motifs is 1. The van der Waals surface area contributed by atoms with Gasteiger partial charge in [0.05, 0.1) is 18.1 Å². The number of hydrogen-bond donors (Lipinski definition) is 0. The summed E-state index contributed by atoms with van der Waals surface area (Å²) in [5.41, 5.74) is 0.208. The number of rotatable bonds is 4. The molecule has 0 saturated heterocycles. The van der Waals surface area contributed by atoms with E-state index in [1.165, 1.54) is 25.3 Å². The van der Waals surface area contributed by atoms with E-state index in [4.69, 9.17) is 9.47 Å². The van der Waals surface area contributed by atoms with Crippen molar-refractivity contribution >= 4 is 11.3 Å². The van der Waals surface area contributed by atoms with Crippen molar-refractivity contribution < 1.29 is 14.4 Å². The molecule has 3 aromatic rings. The van der Waals surface area contributed by atoms with Crippen LogP contribution in [-0.4, -0.2) is 37.3 Å². The van der Waals surface area contributed by atoms with Crippen LogP contribution in [0.1, 0.15) is 0 Å². The molecular formula is C11H8N6O4. The van der Waals surface area contributed by atoms with Crippen LogP contribution < -0.4 is 9.47 Å². The Kier molecular flexibility index (Phi) is 3.03. The van der Waals surface area contributed by atoms with Gasteiger partial charge in [-0.1, -0.05) is 0 Å². The maximum atomic E-state index is 11.1. The number of ether oxygens (including phenoxy) is 2. The van der Waals surface area contributed by atoms with Gasteiger partial charge in [-0.25, -0.2) is 0 Å². The second-order valence-electron chi connectivity index (χ2n) is 3.89. The van der Waals surface area contributed by atoms with E-state index >= 15 is 0 Å². The van der Waals surface area contributed by atoms with E-state index in [1.54, 1.807) is 12.1 Å². The Morgan fingerprint density at radius 2 is 2.14 bits per heavy atom. The SMILES string of the molecule is COc1ccc(Oc2ccc3nnnn3n2)c([N+](=O)[O-])c1. The molecule has 0 amide bonds. The van der Waals surface area contributed by atoms with Crippen molar-refractivity contribution in [1.29, 1.82) is 0 Å². The molecule has 0 saturated carbocycles. The first-order valence-corrected chi connectivity index (χ1v) is 5.73. The zero-order chi connectivity index (χ0) is 14.8. The molecule has 0 radical (unpaired) electrons. The molecule has 0 fully saturated rings. The molecule has 0 atom stereocenters. The third-order valence-electron chi connectivity index (χ3n) is 2.62. The molecule has 0 aliphatic carbocycles. The Balaban J connectivity index is 1.98. The van der Waals surface area contributed by atoms with Gasteiger partial charge in [0.1, 0.15) is 5.75 Å². The van der Waals surface area contributed by atoms with E-state index in [0.717, 1.165) is 4.63 Å². The van der Waals surface area contributed by atoms with Crippen LogP contribution in [0.5, 0.6) is 17.4 Å². The van der Waals surface area contributed by atoms with Crippen LogP contribution in [0.4, 0.5) is 5.69 Å². The highest BCUT2D eigenvalue weighted by atomic mass is 16.6. The first-order valence-electron chi connectivity index (χ1n) is 5.73. The lowest BCUT2D eigenvalue weighted by atomic mass is 10.3. The number of aromatic nitrogens is 5. The maximum absolute atomic E-state index is 11.1. The Hall–Kier alpha value is -3.30. The van der Waals surface area contributed by atoms with Crippen molar-refractivity contribution in [1.82, 2.24) is 25.3 Å². The van der Waals surface area contributed by atoms with Crippen molar-refractivity contribution in [3.05, 3.63) is 40.4 Å². The standard InChI is InChI=1S/C11H8N6O4/c1-20-7-2-3-9(8(6-7)17(18)19)21-11-5-4-10-12-14-15-16(10)13-11/h2-6H,1H3. The summed E-state index contributed by atoms with van der Waals surface area (Å²) in [5, 5.41) is 25.8. The molecule has 10 nitrogen and oxygen atoms in total. The van der Waals surface area contributed by atoms with Crippen molar-refractivity contribution in [3.63, 3.8) is 0 Å². The van der Waals surface area contributed by atoms with Gasteiger partial charge in [-0.3, -0.25) is 10.1 Å². The van der Waals surface area contributed by atoms with Gasteiger partial charge >= 0.3 is 5.69 Å². The summed E-state index contributed by atoms with van der Waals surface area (Å²) in [7, 11) is 1.42.